The molecule has 2 heterocycles. The Hall–Kier alpha value is -2.39. The first-order chi connectivity index (χ1) is 10.9. The van der Waals surface area contributed by atoms with Crippen LogP contribution in [-0.2, 0) is 6.42 Å². The number of allylic oxidation sites excluding steroid dienone is 1. The van der Waals surface area contributed by atoms with E-state index >= 15 is 0 Å². The van der Waals surface area contributed by atoms with Crippen LogP contribution in [0.1, 0.15) is 17.7 Å². The molecule has 2 aromatic heterocycles. The van der Waals surface area contributed by atoms with Crippen molar-refractivity contribution >= 4 is 38.5 Å². The average Bonchev–Trinajstić information content (AvgIpc) is 3.14. The fourth-order valence-electron chi connectivity index (χ4n) is 3.21. The molecule has 0 amide bonds. The topological polar surface area (TPSA) is 28.7 Å². The summed E-state index contributed by atoms with van der Waals surface area (Å²) in [6.45, 7) is 0. The maximum Gasteiger partial charge on any atom is 0.124 e. The quantitative estimate of drug-likeness (QED) is 0.501. The van der Waals surface area contributed by atoms with Crippen LogP contribution in [0.2, 0.25) is 0 Å². The lowest BCUT2D eigenvalue weighted by atomic mass is 10.0. The van der Waals surface area contributed by atoms with Gasteiger partial charge in [-0.05, 0) is 25.0 Å². The minimum Gasteiger partial charge on any atom is -0.358 e. The summed E-state index contributed by atoms with van der Waals surface area (Å²) in [7, 11) is 0. The highest BCUT2D eigenvalue weighted by Crippen LogP contribution is 2.35. The van der Waals surface area contributed by atoms with E-state index in [0.717, 1.165) is 23.4 Å². The van der Waals surface area contributed by atoms with Crippen LogP contribution in [0.4, 0.5) is 0 Å². The number of aromatic amines is 1. The smallest absolute Gasteiger partial charge is 0.124 e. The van der Waals surface area contributed by atoms with E-state index in [0.29, 0.717) is 0 Å². The van der Waals surface area contributed by atoms with E-state index in [9.17, 15) is 0 Å². The summed E-state index contributed by atoms with van der Waals surface area (Å²) in [6, 6.07) is 14.9. The van der Waals surface area contributed by atoms with Crippen molar-refractivity contribution in [2.75, 3.05) is 0 Å². The Bertz CT molecular complexity index is 1020. The van der Waals surface area contributed by atoms with Gasteiger partial charge in [0, 0.05) is 27.7 Å². The second-order valence-corrected chi connectivity index (χ2v) is 6.74. The Morgan fingerprint density at radius 1 is 1.09 bits per heavy atom. The van der Waals surface area contributed by atoms with Crippen molar-refractivity contribution in [2.24, 2.45) is 0 Å². The van der Waals surface area contributed by atoms with Crippen LogP contribution in [0.3, 0.4) is 0 Å². The number of fused-ring (bicyclic) bond motifs is 4. The van der Waals surface area contributed by atoms with Crippen LogP contribution in [0, 0.1) is 0 Å². The molecule has 0 bridgehead atoms. The van der Waals surface area contributed by atoms with E-state index in [4.69, 9.17) is 4.98 Å². The number of hydrogen-bond acceptors (Lipinski definition) is 2. The summed E-state index contributed by atoms with van der Waals surface area (Å²) in [5.41, 5.74) is 6.19. The van der Waals surface area contributed by atoms with E-state index in [-0.39, 0.29) is 0 Å². The molecule has 0 saturated heterocycles. The third-order valence-electron chi connectivity index (χ3n) is 4.29. The van der Waals surface area contributed by atoms with Crippen LogP contribution >= 0.6 is 11.3 Å². The van der Waals surface area contributed by atoms with Crippen molar-refractivity contribution in [3.63, 3.8) is 0 Å². The Labute approximate surface area is 132 Å². The fraction of sp³-hybridized carbons (Fsp3) is 0.105. The highest BCUT2D eigenvalue weighted by Gasteiger charge is 2.14. The number of H-pyrrole nitrogens is 1. The molecule has 0 spiro atoms. The number of aryl methyl sites for hydroxylation is 1. The van der Waals surface area contributed by atoms with Crippen molar-refractivity contribution in [2.45, 2.75) is 12.8 Å². The maximum absolute atomic E-state index is 4.82. The van der Waals surface area contributed by atoms with E-state index in [2.05, 4.69) is 53.5 Å². The van der Waals surface area contributed by atoms with Crippen molar-refractivity contribution in [3.8, 4) is 10.6 Å². The standard InChI is InChI=1S/C19H14N2S/c1-2-6-12(7-3-1)19-21-17-11-16-14(10-18(17)22-19)13-8-4-5-9-15(13)20-16/h1-4,6-8,10-11,20H,5,9H2. The predicted molar refractivity (Wildman–Crippen MR) is 94.3 cm³/mol. The first-order valence-corrected chi connectivity index (χ1v) is 8.37. The Balaban J connectivity index is 1.75. The Kier molecular flexibility index (Phi) is 2.52. The third-order valence-corrected chi connectivity index (χ3v) is 5.36. The highest BCUT2D eigenvalue weighted by molar-refractivity contribution is 7.21. The first-order valence-electron chi connectivity index (χ1n) is 7.55. The van der Waals surface area contributed by atoms with Gasteiger partial charge in [0.25, 0.3) is 0 Å². The molecule has 0 saturated carbocycles. The second kappa shape index (κ2) is 4.55. The predicted octanol–water partition coefficient (Wildman–Crippen LogP) is 5.40. The van der Waals surface area contributed by atoms with Gasteiger partial charge in [0.1, 0.15) is 5.01 Å². The molecule has 4 aromatic rings. The summed E-state index contributed by atoms with van der Waals surface area (Å²) in [6.07, 6.45) is 6.76. The molecule has 0 unspecified atom stereocenters. The van der Waals surface area contributed by atoms with Gasteiger partial charge in [0.15, 0.2) is 0 Å². The molecule has 1 aliphatic rings. The zero-order valence-electron chi connectivity index (χ0n) is 12.0. The van der Waals surface area contributed by atoms with Crippen molar-refractivity contribution in [1.29, 1.82) is 0 Å². The van der Waals surface area contributed by atoms with Gasteiger partial charge in [-0.15, -0.1) is 11.3 Å². The fourth-order valence-corrected chi connectivity index (χ4v) is 4.21. The van der Waals surface area contributed by atoms with E-state index in [1.807, 2.05) is 6.07 Å². The van der Waals surface area contributed by atoms with Gasteiger partial charge in [0.2, 0.25) is 0 Å². The molecule has 1 aliphatic carbocycles. The Morgan fingerprint density at radius 2 is 2.00 bits per heavy atom. The lowest BCUT2D eigenvalue weighted by Gasteiger charge is -2.03. The minimum absolute atomic E-state index is 1.08. The number of aromatic nitrogens is 2. The molecule has 0 fully saturated rings. The van der Waals surface area contributed by atoms with Crippen LogP contribution in [0.25, 0.3) is 37.8 Å². The number of nitrogens with one attached hydrogen (secondary N) is 1. The zero-order valence-corrected chi connectivity index (χ0v) is 12.8. The van der Waals surface area contributed by atoms with Gasteiger partial charge >= 0.3 is 0 Å². The van der Waals surface area contributed by atoms with Gasteiger partial charge in [-0.1, -0.05) is 42.5 Å². The summed E-state index contributed by atoms with van der Waals surface area (Å²) < 4.78 is 1.26. The molecule has 2 aromatic carbocycles. The van der Waals surface area contributed by atoms with Crippen LogP contribution in [0.5, 0.6) is 0 Å². The van der Waals surface area contributed by atoms with Gasteiger partial charge in [-0.25, -0.2) is 4.98 Å². The number of thiazole rings is 1. The number of benzene rings is 2. The molecular weight excluding hydrogens is 288 g/mol. The molecule has 0 aliphatic heterocycles. The minimum atomic E-state index is 1.08. The molecule has 1 N–H and O–H groups in total. The zero-order chi connectivity index (χ0) is 14.5. The summed E-state index contributed by atoms with van der Waals surface area (Å²) >= 11 is 1.77. The van der Waals surface area contributed by atoms with Gasteiger partial charge in [-0.3, -0.25) is 0 Å². The number of rotatable bonds is 1. The van der Waals surface area contributed by atoms with E-state index in [1.54, 1.807) is 11.3 Å². The van der Waals surface area contributed by atoms with Crippen LogP contribution in [0.15, 0.2) is 48.5 Å². The monoisotopic (exact) mass is 302 g/mol. The number of nitrogens with zero attached hydrogens (tertiary/aromatic N) is 1. The van der Waals surface area contributed by atoms with Crippen molar-refractivity contribution in [3.05, 3.63) is 59.8 Å². The molecule has 106 valence electrons. The van der Waals surface area contributed by atoms with Crippen molar-refractivity contribution < 1.29 is 0 Å². The second-order valence-electron chi connectivity index (χ2n) is 5.71. The lowest BCUT2D eigenvalue weighted by molar-refractivity contribution is 0.951. The van der Waals surface area contributed by atoms with Crippen molar-refractivity contribution in [1.82, 2.24) is 9.97 Å². The third kappa shape index (κ3) is 1.76. The van der Waals surface area contributed by atoms with Gasteiger partial charge in [-0.2, -0.15) is 0 Å². The molecular formula is C19H14N2S. The maximum atomic E-state index is 4.82. The molecule has 0 atom stereocenters. The van der Waals surface area contributed by atoms with Crippen LogP contribution in [-0.4, -0.2) is 9.97 Å². The normalized spacial score (nSPS) is 13.8. The molecule has 3 heteroatoms. The van der Waals surface area contributed by atoms with Gasteiger partial charge < -0.3 is 4.98 Å². The van der Waals surface area contributed by atoms with E-state index < -0.39 is 0 Å². The Morgan fingerprint density at radius 3 is 2.91 bits per heavy atom. The number of hydrogen-bond donors (Lipinski definition) is 1. The molecule has 0 radical (unpaired) electrons. The largest absolute Gasteiger partial charge is 0.358 e. The molecule has 5 rings (SSSR count). The summed E-state index contributed by atoms with van der Waals surface area (Å²) in [5, 5.41) is 2.41. The first kappa shape index (κ1) is 12.2. The molecule has 2 nitrogen and oxygen atoms in total. The lowest BCUT2D eigenvalue weighted by Crippen LogP contribution is -1.90. The molecule has 22 heavy (non-hydrogen) atoms. The average molecular weight is 302 g/mol. The SMILES string of the molecule is C1=Cc2c([nH]c3cc4nc(-c5ccccc5)sc4cc23)CC1. The van der Waals surface area contributed by atoms with E-state index in [1.165, 1.54) is 32.4 Å². The van der Waals surface area contributed by atoms with Gasteiger partial charge in [0.05, 0.1) is 10.2 Å². The summed E-state index contributed by atoms with van der Waals surface area (Å²) in [4.78, 5) is 8.39. The van der Waals surface area contributed by atoms with Crippen LogP contribution < -0.4 is 0 Å². The summed E-state index contributed by atoms with van der Waals surface area (Å²) in [5.74, 6) is 0. The highest BCUT2D eigenvalue weighted by atomic mass is 32.1.